The van der Waals surface area contributed by atoms with E-state index in [9.17, 15) is 24.5 Å². The molecule has 37 heavy (non-hydrogen) atoms. The maximum Gasteiger partial charge on any atom is 0.355 e. The second-order valence-corrected chi connectivity index (χ2v) is 9.39. The molecule has 4 rings (SSSR count). The third kappa shape index (κ3) is 5.59. The van der Waals surface area contributed by atoms with Gasteiger partial charge in [0.1, 0.15) is 30.3 Å². The number of hydrogen-bond donors (Lipinski definition) is 2. The topological polar surface area (TPSA) is 192 Å². The van der Waals surface area contributed by atoms with E-state index in [-0.39, 0.29) is 41.3 Å². The number of oxime groups is 1. The summed E-state index contributed by atoms with van der Waals surface area (Å²) < 4.78 is 9.27. The molecule has 1 unspecified atom stereocenters. The van der Waals surface area contributed by atoms with Gasteiger partial charge in [0.15, 0.2) is 5.13 Å². The molecule has 1 aromatic carbocycles. The number of thioether (sulfide) groups is 1. The van der Waals surface area contributed by atoms with Crippen LogP contribution in [0.15, 0.2) is 53.8 Å². The van der Waals surface area contributed by atoms with Crippen molar-refractivity contribution >= 4 is 57.6 Å². The number of nitro benzene ring substituents is 1. The van der Waals surface area contributed by atoms with Crippen LogP contribution in [0.5, 0.6) is 0 Å². The molecule has 0 spiro atoms. The Morgan fingerprint density at radius 1 is 1.38 bits per heavy atom. The van der Waals surface area contributed by atoms with E-state index in [4.69, 9.17) is 15.3 Å². The Labute approximate surface area is 217 Å². The summed E-state index contributed by atoms with van der Waals surface area (Å²) in [5.41, 5.74) is 5.85. The number of rotatable bonds is 10. The van der Waals surface area contributed by atoms with Crippen molar-refractivity contribution in [2.24, 2.45) is 5.16 Å². The molecule has 1 saturated heterocycles. The number of nitrogens with zero attached hydrogens (tertiary/aromatic N) is 5. The Bertz CT molecular complexity index is 1310. The number of carbonyl (C=O) groups excluding carboxylic acids is 3. The number of hydrogen-bond acceptors (Lipinski definition) is 13. The van der Waals surface area contributed by atoms with Crippen LogP contribution in [0.3, 0.4) is 0 Å². The van der Waals surface area contributed by atoms with Gasteiger partial charge in [0, 0.05) is 29.4 Å². The third-order valence-electron chi connectivity index (χ3n) is 5.08. The monoisotopic (exact) mass is 545 g/mol. The molecule has 0 bridgehead atoms. The van der Waals surface area contributed by atoms with Gasteiger partial charge in [-0.25, -0.2) is 4.79 Å². The van der Waals surface area contributed by atoms with Gasteiger partial charge in [-0.15, -0.1) is 11.8 Å². The van der Waals surface area contributed by atoms with Gasteiger partial charge < -0.3 is 20.6 Å². The lowest BCUT2D eigenvalue weighted by atomic mass is 10.0. The normalized spacial score (nSPS) is 18.7. The molecule has 2 aromatic rings. The molecule has 192 valence electrons. The number of nitrogens with one attached hydrogen (secondary N) is 1. The van der Waals surface area contributed by atoms with Crippen molar-refractivity contribution in [3.8, 4) is 0 Å². The third-order valence-corrected chi connectivity index (χ3v) is 6.80. The summed E-state index contributed by atoms with van der Waals surface area (Å²) in [5.74, 6) is -1.65. The van der Waals surface area contributed by atoms with Crippen LogP contribution in [-0.2, 0) is 30.6 Å². The zero-order chi connectivity index (χ0) is 26.5. The summed E-state index contributed by atoms with van der Waals surface area (Å²) in [6, 6.07) is 4.61. The van der Waals surface area contributed by atoms with Gasteiger partial charge in [0.2, 0.25) is 11.5 Å². The number of aromatic nitrogens is 2. The second-order valence-electron chi connectivity index (χ2n) is 7.45. The average molecular weight is 546 g/mol. The van der Waals surface area contributed by atoms with Crippen LogP contribution >= 0.6 is 23.3 Å². The van der Waals surface area contributed by atoms with Crippen LogP contribution in [0.1, 0.15) is 11.4 Å². The van der Waals surface area contributed by atoms with E-state index in [1.54, 1.807) is 6.08 Å². The highest BCUT2D eigenvalue weighted by atomic mass is 32.2. The van der Waals surface area contributed by atoms with E-state index in [1.807, 2.05) is 0 Å². The number of fused-ring (bicyclic) bond motifs is 1. The Kier molecular flexibility index (Phi) is 7.78. The number of benzene rings is 1. The first-order valence-electron chi connectivity index (χ1n) is 10.6. The van der Waals surface area contributed by atoms with Crippen LogP contribution in [0.4, 0.5) is 10.8 Å². The summed E-state index contributed by atoms with van der Waals surface area (Å²) in [7, 11) is 0. The molecule has 0 saturated carbocycles. The van der Waals surface area contributed by atoms with Gasteiger partial charge in [0.25, 0.3) is 17.5 Å². The molecular weight excluding hydrogens is 526 g/mol. The Morgan fingerprint density at radius 3 is 2.78 bits per heavy atom. The van der Waals surface area contributed by atoms with E-state index >= 15 is 0 Å². The van der Waals surface area contributed by atoms with Crippen molar-refractivity contribution in [3.63, 3.8) is 0 Å². The molecular formula is C21H19N7O7S2. The van der Waals surface area contributed by atoms with Gasteiger partial charge in [-0.1, -0.05) is 17.8 Å². The molecule has 3 N–H and O–H groups in total. The van der Waals surface area contributed by atoms with Crippen molar-refractivity contribution in [3.05, 3.63) is 70.2 Å². The molecule has 0 aliphatic carbocycles. The standard InChI is InChI=1S/C21H19N7O7S2/c1-2-8-35-25-14(16-24-21(22)37-26-16)17(29)23-15-18(30)27-13(7-9-36-19(15)27)20(31)34-10-11-3-5-12(6-4-11)28(32)33/h2-7,15,19H,1,8-10H2,(H,23,29)(H2,22,24,26)/b25-14-/t15?,19-/m1/s1. The van der Waals surface area contributed by atoms with Crippen molar-refractivity contribution in [1.82, 2.24) is 19.6 Å². The molecule has 2 aliphatic rings. The first kappa shape index (κ1) is 25.8. The van der Waals surface area contributed by atoms with Crippen LogP contribution < -0.4 is 11.1 Å². The zero-order valence-corrected chi connectivity index (χ0v) is 20.6. The van der Waals surface area contributed by atoms with Crippen LogP contribution in [-0.4, -0.2) is 66.5 Å². The Balaban J connectivity index is 1.39. The SMILES string of the molecule is C=CCO/N=C(\C(=O)NC1C(=O)N2C(C(=O)OCc3ccc([N+](=O)[O-])cc3)=CCS[C@H]12)c1nsc(N)n1. The largest absolute Gasteiger partial charge is 0.456 e. The number of ether oxygens (including phenoxy) is 1. The predicted octanol–water partition coefficient (Wildman–Crippen LogP) is 0.962. The summed E-state index contributed by atoms with van der Waals surface area (Å²) in [6.07, 6.45) is 3.00. The maximum absolute atomic E-state index is 12.9. The zero-order valence-electron chi connectivity index (χ0n) is 18.9. The quantitative estimate of drug-likeness (QED) is 0.0821. The highest BCUT2D eigenvalue weighted by Gasteiger charge is 2.53. The second kappa shape index (κ2) is 11.2. The minimum Gasteiger partial charge on any atom is -0.456 e. The lowest BCUT2D eigenvalue weighted by molar-refractivity contribution is -0.384. The Hall–Kier alpha value is -4.31. The number of carbonyl (C=O) groups is 3. The molecule has 0 radical (unpaired) electrons. The van der Waals surface area contributed by atoms with Crippen molar-refractivity contribution < 1.29 is 28.9 Å². The molecule has 1 aromatic heterocycles. The van der Waals surface area contributed by atoms with E-state index < -0.39 is 34.1 Å². The van der Waals surface area contributed by atoms with Crippen molar-refractivity contribution in [2.75, 3.05) is 18.1 Å². The van der Waals surface area contributed by atoms with Gasteiger partial charge in [-0.2, -0.15) is 9.36 Å². The molecule has 2 aliphatic heterocycles. The molecule has 2 atom stereocenters. The molecule has 3 heterocycles. The maximum atomic E-state index is 12.9. The Morgan fingerprint density at radius 2 is 2.14 bits per heavy atom. The lowest BCUT2D eigenvalue weighted by Crippen LogP contribution is -2.70. The molecule has 14 nitrogen and oxygen atoms in total. The van der Waals surface area contributed by atoms with Gasteiger partial charge in [0.05, 0.1) is 4.92 Å². The number of amides is 2. The molecule has 16 heteroatoms. The van der Waals surface area contributed by atoms with Crippen LogP contribution in [0, 0.1) is 10.1 Å². The summed E-state index contributed by atoms with van der Waals surface area (Å²) in [4.78, 5) is 59.0. The minimum absolute atomic E-state index is 0.0289. The van der Waals surface area contributed by atoms with Crippen LogP contribution in [0.25, 0.3) is 0 Å². The van der Waals surface area contributed by atoms with E-state index in [2.05, 4.69) is 26.4 Å². The van der Waals surface area contributed by atoms with E-state index in [0.29, 0.717) is 11.3 Å². The van der Waals surface area contributed by atoms with Gasteiger partial charge in [-0.3, -0.25) is 24.6 Å². The molecule has 2 amide bonds. The summed E-state index contributed by atoms with van der Waals surface area (Å²) in [5, 5.41) is 16.7. The smallest absolute Gasteiger partial charge is 0.355 e. The lowest BCUT2D eigenvalue weighted by Gasteiger charge is -2.48. The first-order valence-corrected chi connectivity index (χ1v) is 12.4. The highest BCUT2D eigenvalue weighted by Crippen LogP contribution is 2.38. The predicted molar refractivity (Wildman–Crippen MR) is 133 cm³/mol. The van der Waals surface area contributed by atoms with Gasteiger partial charge >= 0.3 is 5.97 Å². The minimum atomic E-state index is -0.941. The first-order chi connectivity index (χ1) is 17.8. The van der Waals surface area contributed by atoms with Crippen molar-refractivity contribution in [1.29, 1.82) is 0 Å². The number of anilines is 1. The van der Waals surface area contributed by atoms with Crippen LogP contribution in [0.2, 0.25) is 0 Å². The summed E-state index contributed by atoms with van der Waals surface area (Å²) in [6.45, 7) is 3.39. The molecule has 1 fully saturated rings. The summed E-state index contributed by atoms with van der Waals surface area (Å²) >= 11 is 2.22. The average Bonchev–Trinajstić information content (AvgIpc) is 3.33. The number of nitrogens with two attached hydrogens (primary N) is 1. The number of nitro groups is 1. The van der Waals surface area contributed by atoms with Gasteiger partial charge in [-0.05, 0) is 23.8 Å². The fourth-order valence-electron chi connectivity index (χ4n) is 3.35. The van der Waals surface area contributed by atoms with Crippen molar-refractivity contribution in [2.45, 2.75) is 18.0 Å². The fraction of sp³-hybridized carbons (Fsp3) is 0.238. The fourth-order valence-corrected chi connectivity index (χ4v) is 4.97. The highest BCUT2D eigenvalue weighted by molar-refractivity contribution is 8.00. The number of esters is 1. The number of non-ortho nitro benzene ring substituents is 1. The number of nitrogen functional groups attached to an aromatic ring is 1. The van der Waals surface area contributed by atoms with E-state index in [1.165, 1.54) is 47.0 Å². The number of β-lactam (4-membered cyclic amide) rings is 1. The van der Waals surface area contributed by atoms with E-state index in [0.717, 1.165) is 11.5 Å².